The quantitative estimate of drug-likeness (QED) is 0.709. The first kappa shape index (κ1) is 17.7. The van der Waals surface area contributed by atoms with Gasteiger partial charge < -0.3 is 4.74 Å². The summed E-state index contributed by atoms with van der Waals surface area (Å²) in [5.74, 6) is 1.20. The number of rotatable bonds is 7. The number of benzene rings is 1. The van der Waals surface area contributed by atoms with Crippen LogP contribution >= 0.6 is 22.9 Å². The summed E-state index contributed by atoms with van der Waals surface area (Å²) in [6.45, 7) is 2.34. The van der Waals surface area contributed by atoms with Crippen LogP contribution in [0.2, 0.25) is 4.34 Å². The molecule has 0 bridgehead atoms. The van der Waals surface area contributed by atoms with Crippen LogP contribution < -0.4 is 4.74 Å². The van der Waals surface area contributed by atoms with Crippen LogP contribution in [0.4, 0.5) is 0 Å². The van der Waals surface area contributed by atoms with E-state index in [1.54, 1.807) is 23.5 Å². The van der Waals surface area contributed by atoms with E-state index in [4.69, 9.17) is 16.3 Å². The standard InChI is InChI=1S/C17H20ClNO3S2/c1-12(14-5-6-14)19(11-13-3-7-15(22-2)8-4-13)24(20,21)17-10-9-16(18)23-17/h3-4,7-10,12,14H,5-6,11H2,1-2H3. The maximum Gasteiger partial charge on any atom is 0.253 e. The predicted molar refractivity (Wildman–Crippen MR) is 97.2 cm³/mol. The summed E-state index contributed by atoms with van der Waals surface area (Å²) in [6, 6.07) is 10.7. The molecule has 1 aliphatic rings. The van der Waals surface area contributed by atoms with Gasteiger partial charge in [0.15, 0.2) is 0 Å². The highest BCUT2D eigenvalue weighted by atomic mass is 35.5. The van der Waals surface area contributed by atoms with Gasteiger partial charge in [0, 0.05) is 12.6 Å². The van der Waals surface area contributed by atoms with Gasteiger partial charge in [-0.05, 0) is 55.5 Å². The van der Waals surface area contributed by atoms with Crippen LogP contribution in [-0.2, 0) is 16.6 Å². The highest BCUT2D eigenvalue weighted by Crippen LogP contribution is 2.39. The number of hydrogen-bond donors (Lipinski definition) is 0. The summed E-state index contributed by atoms with van der Waals surface area (Å²) in [6.07, 6.45) is 2.17. The minimum Gasteiger partial charge on any atom is -0.497 e. The van der Waals surface area contributed by atoms with Gasteiger partial charge in [-0.2, -0.15) is 4.31 Å². The Morgan fingerprint density at radius 1 is 1.25 bits per heavy atom. The van der Waals surface area contributed by atoms with Gasteiger partial charge in [0.25, 0.3) is 10.0 Å². The van der Waals surface area contributed by atoms with E-state index in [0.717, 1.165) is 35.5 Å². The monoisotopic (exact) mass is 385 g/mol. The Bertz CT molecular complexity index is 797. The minimum absolute atomic E-state index is 0.0297. The Labute approximate surface area is 152 Å². The molecular formula is C17H20ClNO3S2. The minimum atomic E-state index is -3.56. The highest BCUT2D eigenvalue weighted by molar-refractivity contribution is 7.91. The molecule has 0 amide bonds. The largest absolute Gasteiger partial charge is 0.497 e. The fourth-order valence-electron chi connectivity index (χ4n) is 2.72. The number of thiophene rings is 1. The Balaban J connectivity index is 1.90. The van der Waals surface area contributed by atoms with Crippen LogP contribution in [-0.4, -0.2) is 25.9 Å². The summed E-state index contributed by atoms with van der Waals surface area (Å²) in [5.41, 5.74) is 0.939. The van der Waals surface area contributed by atoms with Gasteiger partial charge in [0.05, 0.1) is 11.4 Å². The molecule has 4 nitrogen and oxygen atoms in total. The van der Waals surface area contributed by atoms with E-state index in [1.807, 2.05) is 31.2 Å². The average Bonchev–Trinajstić information content (AvgIpc) is 3.33. The second-order valence-electron chi connectivity index (χ2n) is 6.03. The van der Waals surface area contributed by atoms with Crippen molar-refractivity contribution in [1.29, 1.82) is 0 Å². The summed E-state index contributed by atoms with van der Waals surface area (Å²) >= 11 is 7.05. The summed E-state index contributed by atoms with van der Waals surface area (Å²) in [4.78, 5) is 0. The van der Waals surface area contributed by atoms with Gasteiger partial charge in [0.1, 0.15) is 9.96 Å². The molecule has 2 aromatic rings. The molecule has 1 saturated carbocycles. The summed E-state index contributed by atoms with van der Waals surface area (Å²) in [5, 5.41) is 0. The number of sulfonamides is 1. The molecule has 1 fully saturated rings. The smallest absolute Gasteiger partial charge is 0.253 e. The molecule has 130 valence electrons. The van der Waals surface area contributed by atoms with Gasteiger partial charge in [-0.3, -0.25) is 0 Å². The van der Waals surface area contributed by atoms with E-state index in [9.17, 15) is 8.42 Å². The van der Waals surface area contributed by atoms with Gasteiger partial charge in [-0.15, -0.1) is 11.3 Å². The Morgan fingerprint density at radius 2 is 1.92 bits per heavy atom. The average molecular weight is 386 g/mol. The van der Waals surface area contributed by atoms with Crippen molar-refractivity contribution in [2.45, 2.75) is 36.6 Å². The third-order valence-corrected chi connectivity index (χ3v) is 8.00. The lowest BCUT2D eigenvalue weighted by molar-refractivity contribution is 0.303. The fourth-order valence-corrected chi connectivity index (χ4v) is 6.02. The van der Waals surface area contributed by atoms with Crippen LogP contribution in [0.15, 0.2) is 40.6 Å². The fraction of sp³-hybridized carbons (Fsp3) is 0.412. The van der Waals surface area contributed by atoms with Crippen LogP contribution in [0.1, 0.15) is 25.3 Å². The first-order valence-corrected chi connectivity index (χ1v) is 10.5. The van der Waals surface area contributed by atoms with E-state index < -0.39 is 10.0 Å². The van der Waals surface area contributed by atoms with Crippen molar-refractivity contribution in [3.63, 3.8) is 0 Å². The van der Waals surface area contributed by atoms with E-state index in [-0.39, 0.29) is 6.04 Å². The molecule has 3 rings (SSSR count). The van der Waals surface area contributed by atoms with E-state index in [2.05, 4.69) is 0 Å². The SMILES string of the molecule is COc1ccc(CN(C(C)C2CC2)S(=O)(=O)c2ccc(Cl)s2)cc1. The van der Waals surface area contributed by atoms with E-state index >= 15 is 0 Å². The number of nitrogens with zero attached hydrogens (tertiary/aromatic N) is 1. The molecule has 0 radical (unpaired) electrons. The van der Waals surface area contributed by atoms with Crippen molar-refractivity contribution in [2.24, 2.45) is 5.92 Å². The first-order chi connectivity index (χ1) is 11.4. The normalized spacial score (nSPS) is 16.3. The molecule has 0 N–H and O–H groups in total. The van der Waals surface area contributed by atoms with Gasteiger partial charge in [-0.1, -0.05) is 23.7 Å². The molecule has 1 aromatic carbocycles. The lowest BCUT2D eigenvalue weighted by atomic mass is 10.1. The number of methoxy groups -OCH3 is 1. The number of ether oxygens (including phenoxy) is 1. The highest BCUT2D eigenvalue weighted by Gasteiger charge is 2.38. The molecule has 0 spiro atoms. The second-order valence-corrected chi connectivity index (χ2v) is 9.87. The maximum atomic E-state index is 13.1. The lowest BCUT2D eigenvalue weighted by Gasteiger charge is -2.28. The zero-order valence-corrected chi connectivity index (χ0v) is 16.0. The molecule has 1 unspecified atom stereocenters. The molecule has 0 aliphatic heterocycles. The third kappa shape index (κ3) is 3.77. The van der Waals surface area contributed by atoms with E-state index in [1.165, 1.54) is 0 Å². The Hall–Kier alpha value is -1.08. The van der Waals surface area contributed by atoms with Crippen LogP contribution in [0, 0.1) is 5.92 Å². The summed E-state index contributed by atoms with van der Waals surface area (Å²) in [7, 11) is -1.95. The second kappa shape index (κ2) is 7.04. The van der Waals surface area contributed by atoms with E-state index in [0.29, 0.717) is 21.0 Å². The van der Waals surface area contributed by atoms with Gasteiger partial charge in [0.2, 0.25) is 0 Å². The Kier molecular flexibility index (Phi) is 5.20. The number of hydrogen-bond acceptors (Lipinski definition) is 4. The molecule has 1 aromatic heterocycles. The van der Waals surface area contributed by atoms with Crippen molar-refractivity contribution >= 4 is 33.0 Å². The van der Waals surface area contributed by atoms with Crippen LogP contribution in [0.3, 0.4) is 0 Å². The van der Waals surface area contributed by atoms with Crippen LogP contribution in [0.5, 0.6) is 5.75 Å². The maximum absolute atomic E-state index is 13.1. The topological polar surface area (TPSA) is 46.6 Å². The molecular weight excluding hydrogens is 366 g/mol. The van der Waals surface area contributed by atoms with Crippen molar-refractivity contribution in [3.8, 4) is 5.75 Å². The third-order valence-electron chi connectivity index (χ3n) is 4.37. The van der Waals surface area contributed by atoms with Gasteiger partial charge >= 0.3 is 0 Å². The Morgan fingerprint density at radius 3 is 2.42 bits per heavy atom. The van der Waals surface area contributed by atoms with Crippen molar-refractivity contribution in [1.82, 2.24) is 4.31 Å². The van der Waals surface area contributed by atoms with Crippen molar-refractivity contribution in [2.75, 3.05) is 7.11 Å². The van der Waals surface area contributed by atoms with Gasteiger partial charge in [-0.25, -0.2) is 8.42 Å². The zero-order chi connectivity index (χ0) is 17.3. The summed E-state index contributed by atoms with van der Waals surface area (Å²) < 4.78 is 33.8. The molecule has 0 saturated heterocycles. The molecule has 1 atom stereocenters. The zero-order valence-electron chi connectivity index (χ0n) is 13.6. The lowest BCUT2D eigenvalue weighted by Crippen LogP contribution is -2.39. The molecule has 1 heterocycles. The first-order valence-electron chi connectivity index (χ1n) is 7.82. The van der Waals surface area contributed by atoms with Crippen molar-refractivity contribution in [3.05, 3.63) is 46.3 Å². The number of halogens is 1. The molecule has 7 heteroatoms. The molecule has 1 aliphatic carbocycles. The predicted octanol–water partition coefficient (Wildman–Crippen LogP) is 4.40. The van der Waals surface area contributed by atoms with Crippen molar-refractivity contribution < 1.29 is 13.2 Å². The molecule has 24 heavy (non-hydrogen) atoms. The van der Waals surface area contributed by atoms with Crippen LogP contribution in [0.25, 0.3) is 0 Å².